The van der Waals surface area contributed by atoms with E-state index in [2.05, 4.69) is 6.92 Å². The fourth-order valence-corrected chi connectivity index (χ4v) is 8.17. The van der Waals surface area contributed by atoms with Gasteiger partial charge in [-0.3, -0.25) is 4.79 Å². The van der Waals surface area contributed by atoms with Crippen LogP contribution in [-0.4, -0.2) is 51.5 Å². The predicted octanol–water partition coefficient (Wildman–Crippen LogP) is 1.75. The number of carbonyl (C=O) groups excluding carboxylic acids is 2. The molecule has 0 spiro atoms. The molecule has 1 heterocycles. The Bertz CT molecular complexity index is 790. The SMILES string of the molecule is C[C@]12CC[C@H](O)C[C@H]1CC[C@@H]1[C@H]2C(=O)[C@@H](O)[C@]2(C)[C@@H](C3=CC(=O)OC3)CC[C@]12O. The zero-order valence-corrected chi connectivity index (χ0v) is 17.3. The summed E-state index contributed by atoms with van der Waals surface area (Å²) in [5.74, 6) is -1.10. The van der Waals surface area contributed by atoms with Crippen molar-refractivity contribution in [3.63, 3.8) is 0 Å². The molecule has 5 rings (SSSR count). The fourth-order valence-electron chi connectivity index (χ4n) is 8.17. The van der Waals surface area contributed by atoms with E-state index in [1.54, 1.807) is 0 Å². The third-order valence-electron chi connectivity index (χ3n) is 9.80. The Morgan fingerprint density at radius 2 is 1.83 bits per heavy atom. The van der Waals surface area contributed by atoms with Gasteiger partial charge < -0.3 is 20.1 Å². The highest BCUT2D eigenvalue weighted by Crippen LogP contribution is 2.68. The van der Waals surface area contributed by atoms with Crippen molar-refractivity contribution in [3.8, 4) is 0 Å². The van der Waals surface area contributed by atoms with Crippen molar-refractivity contribution >= 4 is 11.8 Å². The van der Waals surface area contributed by atoms with Crippen LogP contribution in [0.15, 0.2) is 11.6 Å². The van der Waals surface area contributed by atoms with Crippen molar-refractivity contribution in [3.05, 3.63) is 11.6 Å². The van der Waals surface area contributed by atoms with Gasteiger partial charge in [-0.25, -0.2) is 4.79 Å². The molecule has 0 radical (unpaired) electrons. The summed E-state index contributed by atoms with van der Waals surface area (Å²) in [6, 6.07) is 0. The molecule has 0 aromatic rings. The molecule has 4 saturated carbocycles. The quantitative estimate of drug-likeness (QED) is 0.575. The number of aliphatic hydroxyl groups is 3. The van der Waals surface area contributed by atoms with Gasteiger partial charge in [0.05, 0.1) is 11.7 Å². The molecule has 6 nitrogen and oxygen atoms in total. The first-order valence-corrected chi connectivity index (χ1v) is 11.1. The first-order valence-electron chi connectivity index (χ1n) is 11.1. The van der Waals surface area contributed by atoms with Crippen LogP contribution in [0.4, 0.5) is 0 Å². The maximum atomic E-state index is 13.7. The van der Waals surface area contributed by atoms with Gasteiger partial charge >= 0.3 is 5.97 Å². The van der Waals surface area contributed by atoms with Crippen LogP contribution in [0, 0.1) is 34.5 Å². The van der Waals surface area contributed by atoms with Crippen molar-refractivity contribution in [1.29, 1.82) is 0 Å². The zero-order chi connectivity index (χ0) is 20.8. The Kier molecular flexibility index (Phi) is 4.18. The molecule has 9 atom stereocenters. The molecule has 4 aliphatic carbocycles. The molecule has 4 fully saturated rings. The summed E-state index contributed by atoms with van der Waals surface area (Å²) in [6.45, 7) is 4.16. The number of hydrogen-bond acceptors (Lipinski definition) is 6. The van der Waals surface area contributed by atoms with Crippen LogP contribution in [0.3, 0.4) is 0 Å². The van der Waals surface area contributed by atoms with Crippen molar-refractivity contribution < 1.29 is 29.6 Å². The molecule has 0 saturated heterocycles. The normalized spacial score (nSPS) is 54.3. The third-order valence-corrected chi connectivity index (χ3v) is 9.80. The Labute approximate surface area is 171 Å². The van der Waals surface area contributed by atoms with Gasteiger partial charge in [-0.2, -0.15) is 0 Å². The number of ketones is 1. The lowest BCUT2D eigenvalue weighted by molar-refractivity contribution is -0.233. The lowest BCUT2D eigenvalue weighted by atomic mass is 9.42. The van der Waals surface area contributed by atoms with E-state index in [1.165, 1.54) is 6.08 Å². The largest absolute Gasteiger partial charge is 0.458 e. The number of cyclic esters (lactones) is 1. The second-order valence-corrected chi connectivity index (χ2v) is 10.7. The van der Waals surface area contributed by atoms with Crippen LogP contribution in [0.25, 0.3) is 0 Å². The van der Waals surface area contributed by atoms with E-state index in [0.29, 0.717) is 25.7 Å². The highest BCUT2D eigenvalue weighted by Gasteiger charge is 2.73. The number of fused-ring (bicyclic) bond motifs is 5. The van der Waals surface area contributed by atoms with Gasteiger partial charge in [0.1, 0.15) is 12.7 Å². The summed E-state index contributed by atoms with van der Waals surface area (Å²) in [4.78, 5) is 25.3. The second-order valence-electron chi connectivity index (χ2n) is 10.7. The number of ether oxygens (including phenoxy) is 1. The Morgan fingerprint density at radius 1 is 1.07 bits per heavy atom. The summed E-state index contributed by atoms with van der Waals surface area (Å²) in [5.41, 5.74) is -1.66. The summed E-state index contributed by atoms with van der Waals surface area (Å²) < 4.78 is 5.10. The Morgan fingerprint density at radius 3 is 2.52 bits per heavy atom. The lowest BCUT2D eigenvalue weighted by Gasteiger charge is -2.63. The minimum Gasteiger partial charge on any atom is -0.458 e. The fraction of sp³-hybridized carbons (Fsp3) is 0.826. The minimum absolute atomic E-state index is 0.150. The average molecular weight is 405 g/mol. The van der Waals surface area contributed by atoms with Gasteiger partial charge in [0.2, 0.25) is 0 Å². The molecule has 0 amide bonds. The number of hydrogen-bond donors (Lipinski definition) is 3. The summed E-state index contributed by atoms with van der Waals surface area (Å²) in [7, 11) is 0. The van der Waals surface area contributed by atoms with Crippen LogP contribution in [0.5, 0.6) is 0 Å². The van der Waals surface area contributed by atoms with Gasteiger partial charge in [-0.15, -0.1) is 0 Å². The van der Waals surface area contributed by atoms with Crippen molar-refractivity contribution in [2.45, 2.75) is 76.6 Å². The second kappa shape index (κ2) is 6.14. The van der Waals surface area contributed by atoms with E-state index in [0.717, 1.165) is 24.8 Å². The maximum absolute atomic E-state index is 13.7. The summed E-state index contributed by atoms with van der Waals surface area (Å²) in [5, 5.41) is 33.6. The van der Waals surface area contributed by atoms with Gasteiger partial charge in [0, 0.05) is 17.4 Å². The monoisotopic (exact) mass is 404 g/mol. The molecule has 0 bridgehead atoms. The van der Waals surface area contributed by atoms with Crippen molar-refractivity contribution in [2.24, 2.45) is 34.5 Å². The minimum atomic E-state index is -1.26. The molecule has 3 N–H and O–H groups in total. The molecule has 0 aromatic carbocycles. The first-order chi connectivity index (χ1) is 13.6. The summed E-state index contributed by atoms with van der Waals surface area (Å²) >= 11 is 0. The van der Waals surface area contributed by atoms with E-state index in [-0.39, 0.29) is 53.6 Å². The number of aliphatic hydroxyl groups excluding tert-OH is 2. The van der Waals surface area contributed by atoms with E-state index in [1.807, 2.05) is 6.92 Å². The van der Waals surface area contributed by atoms with Gasteiger partial charge in [0.15, 0.2) is 5.78 Å². The van der Waals surface area contributed by atoms with Crippen molar-refractivity contribution in [2.75, 3.05) is 6.61 Å². The van der Waals surface area contributed by atoms with Gasteiger partial charge in [-0.1, -0.05) is 13.8 Å². The van der Waals surface area contributed by atoms with E-state index >= 15 is 0 Å². The molecule has 1 aliphatic heterocycles. The molecule has 0 aromatic heterocycles. The van der Waals surface area contributed by atoms with E-state index in [4.69, 9.17) is 4.74 Å². The van der Waals surface area contributed by atoms with E-state index < -0.39 is 17.1 Å². The number of esters is 1. The van der Waals surface area contributed by atoms with Crippen LogP contribution in [0.1, 0.15) is 58.8 Å². The topological polar surface area (TPSA) is 104 Å². The molecule has 0 unspecified atom stereocenters. The Balaban J connectivity index is 1.57. The van der Waals surface area contributed by atoms with Crippen LogP contribution in [0.2, 0.25) is 0 Å². The highest BCUT2D eigenvalue weighted by molar-refractivity contribution is 5.90. The predicted molar refractivity (Wildman–Crippen MR) is 104 cm³/mol. The van der Waals surface area contributed by atoms with Crippen LogP contribution in [-0.2, 0) is 14.3 Å². The molecule has 160 valence electrons. The molecule has 6 heteroatoms. The van der Waals surface area contributed by atoms with Crippen LogP contribution < -0.4 is 0 Å². The average Bonchev–Trinajstić information content (AvgIpc) is 3.22. The smallest absolute Gasteiger partial charge is 0.331 e. The number of rotatable bonds is 1. The Hall–Kier alpha value is -1.24. The highest BCUT2D eigenvalue weighted by atomic mass is 16.5. The lowest BCUT2D eigenvalue weighted by Crippen LogP contribution is -2.70. The van der Waals surface area contributed by atoms with E-state index in [9.17, 15) is 24.9 Å². The molecular weight excluding hydrogens is 372 g/mol. The standard InChI is InChI=1S/C23H32O6/c1-21-7-5-14(24)10-13(21)3-4-16-18(21)19(26)20(27)22(2)15(6-8-23(16,22)28)12-9-17(25)29-11-12/h9,13-16,18,20,24,27-28H,3-8,10-11H2,1-2H3/t13-,14+,15-,16-,18+,20-,21+,22+,23+/m1/s1. The van der Waals surface area contributed by atoms with Crippen LogP contribution >= 0.6 is 0 Å². The van der Waals surface area contributed by atoms with Gasteiger partial charge in [-0.05, 0) is 73.7 Å². The summed E-state index contributed by atoms with van der Waals surface area (Å²) in [6.07, 6.45) is 4.82. The molecule has 5 aliphatic rings. The maximum Gasteiger partial charge on any atom is 0.331 e. The van der Waals surface area contributed by atoms with Crippen molar-refractivity contribution in [1.82, 2.24) is 0 Å². The molecular formula is C23H32O6. The van der Waals surface area contributed by atoms with Gasteiger partial charge in [0.25, 0.3) is 0 Å². The molecule has 29 heavy (non-hydrogen) atoms. The third kappa shape index (κ3) is 2.34. The first kappa shape index (κ1) is 19.7. The number of carbonyl (C=O) groups is 2. The number of Topliss-reactive ketones (excluding diaryl/α,β-unsaturated/α-hetero) is 1. The zero-order valence-electron chi connectivity index (χ0n) is 17.3.